The van der Waals surface area contributed by atoms with E-state index in [0.717, 1.165) is 24.1 Å². The number of amides is 2. The molecule has 1 aromatic carbocycles. The van der Waals surface area contributed by atoms with E-state index in [0.29, 0.717) is 12.1 Å². The number of rotatable bonds is 2. The SMILES string of the molecule is CC(N)c1ccc(NC(=O)N2[C@H](C)CCC[C@@H]2C)cc1. The highest BCUT2D eigenvalue weighted by Crippen LogP contribution is 2.23. The highest BCUT2D eigenvalue weighted by atomic mass is 16.2. The fourth-order valence-electron chi connectivity index (χ4n) is 2.88. The summed E-state index contributed by atoms with van der Waals surface area (Å²) in [6.45, 7) is 6.19. The number of benzene rings is 1. The first-order valence-electron chi connectivity index (χ1n) is 7.44. The Hall–Kier alpha value is -1.55. The number of likely N-dealkylation sites (tertiary alicyclic amines) is 1. The molecule has 1 fully saturated rings. The van der Waals surface area contributed by atoms with Crippen LogP contribution in [-0.2, 0) is 0 Å². The fraction of sp³-hybridized carbons (Fsp3) is 0.562. The van der Waals surface area contributed by atoms with Gasteiger partial charge in [-0.25, -0.2) is 4.79 Å². The smallest absolute Gasteiger partial charge is 0.322 e. The second-order valence-electron chi connectivity index (χ2n) is 5.88. The minimum absolute atomic E-state index is 0.00162. The lowest BCUT2D eigenvalue weighted by atomic mass is 9.98. The van der Waals surface area contributed by atoms with Gasteiger partial charge in [-0.05, 0) is 57.7 Å². The van der Waals surface area contributed by atoms with Gasteiger partial charge in [-0.1, -0.05) is 12.1 Å². The molecule has 0 bridgehead atoms. The van der Waals surface area contributed by atoms with Crippen LogP contribution < -0.4 is 11.1 Å². The predicted octanol–water partition coefficient (Wildman–Crippen LogP) is 3.50. The average molecular weight is 275 g/mol. The lowest BCUT2D eigenvalue weighted by Gasteiger charge is -2.38. The van der Waals surface area contributed by atoms with Crippen LogP contribution in [0.3, 0.4) is 0 Å². The molecule has 1 saturated heterocycles. The molecular weight excluding hydrogens is 250 g/mol. The monoisotopic (exact) mass is 275 g/mol. The van der Waals surface area contributed by atoms with E-state index in [1.165, 1.54) is 6.42 Å². The van der Waals surface area contributed by atoms with Crippen LogP contribution in [0.2, 0.25) is 0 Å². The Balaban J connectivity index is 2.03. The van der Waals surface area contributed by atoms with Crippen LogP contribution in [0.5, 0.6) is 0 Å². The first-order valence-corrected chi connectivity index (χ1v) is 7.44. The summed E-state index contributed by atoms with van der Waals surface area (Å²) >= 11 is 0. The van der Waals surface area contributed by atoms with E-state index >= 15 is 0 Å². The molecular formula is C16H25N3O. The Bertz CT molecular complexity index is 445. The Morgan fingerprint density at radius 1 is 1.25 bits per heavy atom. The molecule has 1 unspecified atom stereocenters. The summed E-state index contributed by atoms with van der Waals surface area (Å²) in [7, 11) is 0. The summed E-state index contributed by atoms with van der Waals surface area (Å²) < 4.78 is 0. The molecule has 3 N–H and O–H groups in total. The normalized spacial score (nSPS) is 24.3. The van der Waals surface area contributed by atoms with Gasteiger partial charge in [-0.2, -0.15) is 0 Å². The van der Waals surface area contributed by atoms with Crippen molar-refractivity contribution in [2.24, 2.45) is 5.73 Å². The third-order valence-electron chi connectivity index (χ3n) is 4.12. The van der Waals surface area contributed by atoms with Gasteiger partial charge in [0.25, 0.3) is 0 Å². The van der Waals surface area contributed by atoms with Crippen molar-refractivity contribution in [2.45, 2.75) is 58.2 Å². The van der Waals surface area contributed by atoms with Gasteiger partial charge in [0.1, 0.15) is 0 Å². The fourth-order valence-corrected chi connectivity index (χ4v) is 2.88. The van der Waals surface area contributed by atoms with Gasteiger partial charge in [0.15, 0.2) is 0 Å². The van der Waals surface area contributed by atoms with Gasteiger partial charge in [0.2, 0.25) is 0 Å². The molecule has 20 heavy (non-hydrogen) atoms. The summed E-state index contributed by atoms with van der Waals surface area (Å²) in [5, 5.41) is 2.98. The molecule has 0 aromatic heterocycles. The molecule has 1 aromatic rings. The van der Waals surface area contributed by atoms with Crippen LogP contribution in [0.25, 0.3) is 0 Å². The second kappa shape index (κ2) is 6.27. The Labute approximate surface area is 121 Å². The molecule has 2 amide bonds. The van der Waals surface area contributed by atoms with E-state index in [1.54, 1.807) is 0 Å². The number of carbonyl (C=O) groups is 1. The quantitative estimate of drug-likeness (QED) is 0.868. The van der Waals surface area contributed by atoms with Crippen LogP contribution in [0.15, 0.2) is 24.3 Å². The van der Waals surface area contributed by atoms with Crippen molar-refractivity contribution < 1.29 is 4.79 Å². The molecule has 4 nitrogen and oxygen atoms in total. The summed E-state index contributed by atoms with van der Waals surface area (Å²) in [6, 6.07) is 8.38. The molecule has 1 aliphatic rings. The van der Waals surface area contributed by atoms with Crippen molar-refractivity contribution in [1.29, 1.82) is 0 Å². The first-order chi connectivity index (χ1) is 9.49. The van der Waals surface area contributed by atoms with Gasteiger partial charge >= 0.3 is 6.03 Å². The molecule has 0 radical (unpaired) electrons. The van der Waals surface area contributed by atoms with Crippen molar-refractivity contribution in [1.82, 2.24) is 4.90 Å². The first kappa shape index (κ1) is 14.9. The lowest BCUT2D eigenvalue weighted by molar-refractivity contribution is 0.133. The molecule has 0 spiro atoms. The standard InChI is InChI=1S/C16H25N3O/c1-11-5-4-6-12(2)19(11)16(20)18-15-9-7-14(8-10-15)13(3)17/h7-13H,4-6,17H2,1-3H3,(H,18,20)/t11-,12+,13?. The van der Waals surface area contributed by atoms with Crippen molar-refractivity contribution in [3.8, 4) is 0 Å². The summed E-state index contributed by atoms with van der Waals surface area (Å²) in [5.41, 5.74) is 7.72. The van der Waals surface area contributed by atoms with E-state index in [1.807, 2.05) is 36.1 Å². The van der Waals surface area contributed by atoms with E-state index < -0.39 is 0 Å². The van der Waals surface area contributed by atoms with E-state index in [2.05, 4.69) is 19.2 Å². The van der Waals surface area contributed by atoms with Crippen molar-refractivity contribution in [3.05, 3.63) is 29.8 Å². The minimum atomic E-state index is -0.00162. The number of piperidine rings is 1. The Morgan fingerprint density at radius 3 is 2.30 bits per heavy atom. The van der Waals surface area contributed by atoms with E-state index in [4.69, 9.17) is 5.73 Å². The highest BCUT2D eigenvalue weighted by Gasteiger charge is 2.28. The Morgan fingerprint density at radius 2 is 1.80 bits per heavy atom. The molecule has 1 aliphatic heterocycles. The number of nitrogens with two attached hydrogens (primary N) is 1. The van der Waals surface area contributed by atoms with Gasteiger partial charge in [-0.15, -0.1) is 0 Å². The summed E-state index contributed by atoms with van der Waals surface area (Å²) in [6.07, 6.45) is 3.37. The zero-order valence-corrected chi connectivity index (χ0v) is 12.6. The molecule has 0 aliphatic carbocycles. The highest BCUT2D eigenvalue weighted by molar-refractivity contribution is 5.89. The van der Waals surface area contributed by atoms with E-state index in [9.17, 15) is 4.79 Å². The molecule has 1 heterocycles. The molecule has 110 valence electrons. The maximum absolute atomic E-state index is 12.4. The van der Waals surface area contributed by atoms with Crippen molar-refractivity contribution >= 4 is 11.7 Å². The molecule has 4 heteroatoms. The van der Waals surface area contributed by atoms with Crippen molar-refractivity contribution in [3.63, 3.8) is 0 Å². The summed E-state index contributed by atoms with van der Waals surface area (Å²) in [5.74, 6) is 0. The minimum Gasteiger partial charge on any atom is -0.324 e. The van der Waals surface area contributed by atoms with Gasteiger partial charge in [0.05, 0.1) is 0 Å². The maximum Gasteiger partial charge on any atom is 0.322 e. The third-order valence-corrected chi connectivity index (χ3v) is 4.12. The Kier molecular flexibility index (Phi) is 4.65. The van der Waals surface area contributed by atoms with Crippen LogP contribution >= 0.6 is 0 Å². The van der Waals surface area contributed by atoms with Crippen LogP contribution in [-0.4, -0.2) is 23.0 Å². The lowest BCUT2D eigenvalue weighted by Crippen LogP contribution is -2.49. The largest absolute Gasteiger partial charge is 0.324 e. The second-order valence-corrected chi connectivity index (χ2v) is 5.88. The summed E-state index contributed by atoms with van der Waals surface area (Å²) in [4.78, 5) is 14.4. The average Bonchev–Trinajstić information content (AvgIpc) is 2.39. The van der Waals surface area contributed by atoms with Gasteiger partial charge in [0, 0.05) is 23.8 Å². The molecule has 0 saturated carbocycles. The third kappa shape index (κ3) is 3.31. The number of nitrogens with one attached hydrogen (secondary N) is 1. The number of hydrogen-bond acceptors (Lipinski definition) is 2. The van der Waals surface area contributed by atoms with Gasteiger partial charge in [-0.3, -0.25) is 0 Å². The predicted molar refractivity (Wildman–Crippen MR) is 82.7 cm³/mol. The zero-order valence-electron chi connectivity index (χ0n) is 12.6. The number of hydrogen-bond donors (Lipinski definition) is 2. The maximum atomic E-state index is 12.4. The van der Waals surface area contributed by atoms with Gasteiger partial charge < -0.3 is 16.0 Å². The number of anilines is 1. The zero-order chi connectivity index (χ0) is 14.7. The molecule has 2 rings (SSSR count). The van der Waals surface area contributed by atoms with Crippen LogP contribution in [0.4, 0.5) is 10.5 Å². The van der Waals surface area contributed by atoms with Crippen LogP contribution in [0, 0.1) is 0 Å². The van der Waals surface area contributed by atoms with Crippen LogP contribution in [0.1, 0.15) is 51.6 Å². The number of nitrogens with zero attached hydrogens (tertiary/aromatic N) is 1. The van der Waals surface area contributed by atoms with Crippen molar-refractivity contribution in [2.75, 3.05) is 5.32 Å². The topological polar surface area (TPSA) is 58.4 Å². The molecule has 3 atom stereocenters. The number of carbonyl (C=O) groups excluding carboxylic acids is 1. The van der Waals surface area contributed by atoms with E-state index in [-0.39, 0.29) is 12.1 Å². The number of urea groups is 1.